The van der Waals surface area contributed by atoms with Gasteiger partial charge in [0.25, 0.3) is 0 Å². The molecule has 0 atom stereocenters. The van der Waals surface area contributed by atoms with Crippen LogP contribution in [-0.4, -0.2) is 14.1 Å². The lowest BCUT2D eigenvalue weighted by molar-refractivity contribution is 1.12. The predicted molar refractivity (Wildman–Crippen MR) is 45.5 cm³/mol. The molecule has 0 spiro atoms. The standard InChI is InChI=1S/C9H10N2/c1-11(2)9-6-4-3-5-8(9)7-10/h3-6H,1-2H3. The first-order chi connectivity index (χ1) is 5.25. The Bertz CT molecular complexity index is 284. The van der Waals surface area contributed by atoms with Gasteiger partial charge in [-0.05, 0) is 12.1 Å². The Kier molecular flexibility index (Phi) is 2.12. The second-order valence-electron chi connectivity index (χ2n) is 2.52. The Labute approximate surface area is 66.7 Å². The van der Waals surface area contributed by atoms with Crippen molar-refractivity contribution >= 4 is 5.69 Å². The fraction of sp³-hybridized carbons (Fsp3) is 0.222. The fourth-order valence-electron chi connectivity index (χ4n) is 0.958. The van der Waals surface area contributed by atoms with Crippen LogP contribution < -0.4 is 4.90 Å². The molecule has 2 heteroatoms. The summed E-state index contributed by atoms with van der Waals surface area (Å²) >= 11 is 0. The number of benzene rings is 1. The molecule has 0 saturated heterocycles. The molecule has 0 radical (unpaired) electrons. The van der Waals surface area contributed by atoms with Crippen LogP contribution in [0.5, 0.6) is 0 Å². The smallest absolute Gasteiger partial charge is 0.101 e. The molecular formula is C9H10N2. The minimum atomic E-state index is 0.720. The zero-order chi connectivity index (χ0) is 8.27. The SMILES string of the molecule is CN(C)c1ccccc1C#N. The second-order valence-corrected chi connectivity index (χ2v) is 2.52. The van der Waals surface area contributed by atoms with Crippen LogP contribution in [0.2, 0.25) is 0 Å². The second kappa shape index (κ2) is 3.07. The first kappa shape index (κ1) is 7.62. The largest absolute Gasteiger partial charge is 0.377 e. The molecule has 0 aliphatic carbocycles. The van der Waals surface area contributed by atoms with Gasteiger partial charge in [-0.15, -0.1) is 0 Å². The summed E-state index contributed by atoms with van der Waals surface area (Å²) in [5.41, 5.74) is 1.69. The van der Waals surface area contributed by atoms with E-state index in [1.54, 1.807) is 0 Å². The molecule has 56 valence electrons. The Morgan fingerprint density at radius 3 is 2.36 bits per heavy atom. The molecule has 0 aliphatic heterocycles. The van der Waals surface area contributed by atoms with Gasteiger partial charge in [0, 0.05) is 14.1 Å². The molecule has 0 bridgehead atoms. The van der Waals surface area contributed by atoms with Crippen molar-refractivity contribution in [3.05, 3.63) is 29.8 Å². The number of hydrogen-bond donors (Lipinski definition) is 0. The minimum Gasteiger partial charge on any atom is -0.377 e. The van der Waals surface area contributed by atoms with E-state index in [0.29, 0.717) is 0 Å². The fourth-order valence-corrected chi connectivity index (χ4v) is 0.958. The van der Waals surface area contributed by atoms with Crippen LogP contribution in [0.1, 0.15) is 5.56 Å². The van der Waals surface area contributed by atoms with Gasteiger partial charge < -0.3 is 4.90 Å². The lowest BCUT2D eigenvalue weighted by Crippen LogP contribution is -2.09. The first-order valence-corrected chi connectivity index (χ1v) is 3.42. The Morgan fingerprint density at radius 1 is 1.27 bits per heavy atom. The van der Waals surface area contributed by atoms with Gasteiger partial charge in [-0.25, -0.2) is 0 Å². The number of nitriles is 1. The molecule has 2 nitrogen and oxygen atoms in total. The molecule has 0 unspecified atom stereocenters. The highest BCUT2D eigenvalue weighted by molar-refractivity contribution is 5.58. The zero-order valence-electron chi connectivity index (χ0n) is 6.70. The zero-order valence-corrected chi connectivity index (χ0v) is 6.70. The van der Waals surface area contributed by atoms with E-state index in [1.807, 2.05) is 43.3 Å². The van der Waals surface area contributed by atoms with Gasteiger partial charge in [-0.3, -0.25) is 0 Å². The summed E-state index contributed by atoms with van der Waals surface area (Å²) in [7, 11) is 3.85. The van der Waals surface area contributed by atoms with Gasteiger partial charge in [0.2, 0.25) is 0 Å². The number of para-hydroxylation sites is 1. The van der Waals surface area contributed by atoms with Gasteiger partial charge in [0.05, 0.1) is 11.3 Å². The molecule has 0 heterocycles. The summed E-state index contributed by atoms with van der Waals surface area (Å²) in [6, 6.07) is 9.67. The molecule has 11 heavy (non-hydrogen) atoms. The molecule has 1 aromatic carbocycles. The van der Waals surface area contributed by atoms with Crippen molar-refractivity contribution in [1.82, 2.24) is 0 Å². The molecular weight excluding hydrogens is 136 g/mol. The summed E-state index contributed by atoms with van der Waals surface area (Å²) in [5, 5.41) is 8.69. The summed E-state index contributed by atoms with van der Waals surface area (Å²) < 4.78 is 0. The van der Waals surface area contributed by atoms with E-state index in [2.05, 4.69) is 6.07 Å². The van der Waals surface area contributed by atoms with E-state index >= 15 is 0 Å². The van der Waals surface area contributed by atoms with Crippen molar-refractivity contribution in [1.29, 1.82) is 5.26 Å². The lowest BCUT2D eigenvalue weighted by atomic mass is 10.2. The molecule has 0 N–H and O–H groups in total. The van der Waals surface area contributed by atoms with Crippen molar-refractivity contribution in [3.63, 3.8) is 0 Å². The molecule has 0 aromatic heterocycles. The van der Waals surface area contributed by atoms with Crippen LogP contribution >= 0.6 is 0 Å². The molecule has 0 aliphatic rings. The Balaban J connectivity index is 3.15. The number of anilines is 1. The van der Waals surface area contributed by atoms with Crippen LogP contribution in [-0.2, 0) is 0 Å². The van der Waals surface area contributed by atoms with Gasteiger partial charge >= 0.3 is 0 Å². The predicted octanol–water partition coefficient (Wildman–Crippen LogP) is 1.62. The average molecular weight is 146 g/mol. The van der Waals surface area contributed by atoms with Crippen molar-refractivity contribution in [2.75, 3.05) is 19.0 Å². The third-order valence-electron chi connectivity index (χ3n) is 1.51. The van der Waals surface area contributed by atoms with Gasteiger partial charge in [0.15, 0.2) is 0 Å². The van der Waals surface area contributed by atoms with Gasteiger partial charge in [-0.1, -0.05) is 12.1 Å². The molecule has 0 amide bonds. The van der Waals surface area contributed by atoms with Gasteiger partial charge in [0.1, 0.15) is 6.07 Å². The highest BCUT2D eigenvalue weighted by Crippen LogP contribution is 2.15. The van der Waals surface area contributed by atoms with Crippen molar-refractivity contribution < 1.29 is 0 Å². The molecule has 0 fully saturated rings. The highest BCUT2D eigenvalue weighted by atomic mass is 15.1. The Morgan fingerprint density at radius 2 is 1.91 bits per heavy atom. The molecule has 0 saturated carbocycles. The van der Waals surface area contributed by atoms with E-state index in [4.69, 9.17) is 5.26 Å². The van der Waals surface area contributed by atoms with Crippen LogP contribution in [0.4, 0.5) is 5.69 Å². The number of nitrogens with zero attached hydrogens (tertiary/aromatic N) is 2. The highest BCUT2D eigenvalue weighted by Gasteiger charge is 1.99. The van der Waals surface area contributed by atoms with E-state index in [0.717, 1.165) is 11.3 Å². The van der Waals surface area contributed by atoms with Crippen LogP contribution in [0.3, 0.4) is 0 Å². The maximum atomic E-state index is 8.69. The summed E-state index contributed by atoms with van der Waals surface area (Å²) in [6.45, 7) is 0. The van der Waals surface area contributed by atoms with Crippen LogP contribution in [0.25, 0.3) is 0 Å². The summed E-state index contributed by atoms with van der Waals surface area (Å²) in [4.78, 5) is 1.93. The van der Waals surface area contributed by atoms with Crippen molar-refractivity contribution in [2.24, 2.45) is 0 Å². The summed E-state index contributed by atoms with van der Waals surface area (Å²) in [6.07, 6.45) is 0. The lowest BCUT2D eigenvalue weighted by Gasteiger charge is -2.12. The topological polar surface area (TPSA) is 27.0 Å². The molecule has 1 aromatic rings. The molecule has 1 rings (SSSR count). The number of hydrogen-bond acceptors (Lipinski definition) is 2. The van der Waals surface area contributed by atoms with Gasteiger partial charge in [-0.2, -0.15) is 5.26 Å². The van der Waals surface area contributed by atoms with E-state index in [1.165, 1.54) is 0 Å². The Hall–Kier alpha value is -1.49. The normalized spacial score (nSPS) is 8.82. The quantitative estimate of drug-likeness (QED) is 0.602. The monoisotopic (exact) mass is 146 g/mol. The van der Waals surface area contributed by atoms with Crippen molar-refractivity contribution in [2.45, 2.75) is 0 Å². The third kappa shape index (κ3) is 1.50. The van der Waals surface area contributed by atoms with E-state index < -0.39 is 0 Å². The third-order valence-corrected chi connectivity index (χ3v) is 1.51. The maximum Gasteiger partial charge on any atom is 0.101 e. The van der Waals surface area contributed by atoms with Crippen molar-refractivity contribution in [3.8, 4) is 6.07 Å². The maximum absolute atomic E-state index is 8.69. The first-order valence-electron chi connectivity index (χ1n) is 3.42. The number of rotatable bonds is 1. The minimum absolute atomic E-state index is 0.720. The van der Waals surface area contributed by atoms with Crippen LogP contribution in [0, 0.1) is 11.3 Å². The van der Waals surface area contributed by atoms with E-state index in [9.17, 15) is 0 Å². The van der Waals surface area contributed by atoms with Crippen LogP contribution in [0.15, 0.2) is 24.3 Å². The van der Waals surface area contributed by atoms with E-state index in [-0.39, 0.29) is 0 Å². The summed E-state index contributed by atoms with van der Waals surface area (Å²) in [5.74, 6) is 0. The average Bonchev–Trinajstić information content (AvgIpc) is 2.04.